The van der Waals surface area contributed by atoms with E-state index in [9.17, 15) is 14.1 Å². The molecule has 1 aromatic carbocycles. The number of aromatic carboxylic acids is 1. The van der Waals surface area contributed by atoms with Crippen molar-refractivity contribution in [1.29, 1.82) is 0 Å². The summed E-state index contributed by atoms with van der Waals surface area (Å²) in [5.41, 5.74) is 4.46. The van der Waals surface area contributed by atoms with Crippen LogP contribution in [0.1, 0.15) is 135 Å². The largest absolute Gasteiger partial charge is 0.478 e. The Bertz CT molecular complexity index is 1350. The van der Waals surface area contributed by atoms with Crippen LogP contribution in [0.3, 0.4) is 0 Å². The Morgan fingerprint density at radius 2 is 1.56 bits per heavy atom. The van der Waals surface area contributed by atoms with E-state index in [0.29, 0.717) is 39.2 Å². The van der Waals surface area contributed by atoms with Gasteiger partial charge in [0, 0.05) is 60.6 Å². The lowest BCUT2D eigenvalue weighted by molar-refractivity contribution is -0.211. The molecule has 7 heteroatoms. The van der Waals surface area contributed by atoms with Crippen LogP contribution < -0.4 is 5.32 Å². The van der Waals surface area contributed by atoms with E-state index in [1.807, 2.05) is 12.1 Å². The predicted molar refractivity (Wildman–Crippen MR) is 209 cm³/mol. The SMILES string of the molecule is CC1C(c2ccc(C(=O)O)cc2)=CCC2(C)C1CCC1(C)C2CCC2[C@H]3CCCC3(NCCN3CCS(=O)CC3)CC[C@]21C.CCC.CCO. The number of carbonyl (C=O) groups is 1. The van der Waals surface area contributed by atoms with Crippen LogP contribution in [0.2, 0.25) is 0 Å². The van der Waals surface area contributed by atoms with Crippen molar-refractivity contribution in [1.82, 2.24) is 10.2 Å². The highest BCUT2D eigenvalue weighted by Crippen LogP contribution is 2.75. The fraction of sp³-hybridized carbons (Fsp3) is 0.791. The molecule has 7 rings (SSSR count). The molecule has 6 aliphatic rings. The molecule has 3 N–H and O–H groups in total. The number of nitrogens with zero attached hydrogens (tertiary/aromatic N) is 1. The lowest BCUT2D eigenvalue weighted by Crippen LogP contribution is -2.67. The number of rotatable bonds is 6. The average Bonchev–Trinajstić information content (AvgIpc) is 3.51. The molecule has 0 amide bonds. The van der Waals surface area contributed by atoms with Crippen LogP contribution >= 0.6 is 0 Å². The zero-order chi connectivity index (χ0) is 36.3. The average molecular weight is 711 g/mol. The minimum absolute atomic E-state index is 0.250. The van der Waals surface area contributed by atoms with Crippen molar-refractivity contribution in [3.8, 4) is 0 Å². The molecule has 282 valence electrons. The normalized spacial score (nSPS) is 39.6. The number of aliphatic hydroxyl groups excluding tert-OH is 1. The molecule has 50 heavy (non-hydrogen) atoms. The maximum Gasteiger partial charge on any atom is 0.335 e. The second kappa shape index (κ2) is 16.2. The van der Waals surface area contributed by atoms with Crippen molar-refractivity contribution in [3.63, 3.8) is 0 Å². The highest BCUT2D eigenvalue weighted by molar-refractivity contribution is 7.85. The van der Waals surface area contributed by atoms with Crippen molar-refractivity contribution < 1.29 is 19.2 Å². The van der Waals surface area contributed by atoms with Gasteiger partial charge in [-0.3, -0.25) is 4.21 Å². The van der Waals surface area contributed by atoms with Crippen molar-refractivity contribution in [2.75, 3.05) is 44.3 Å². The summed E-state index contributed by atoms with van der Waals surface area (Å²) < 4.78 is 11.8. The molecule has 6 nitrogen and oxygen atoms in total. The van der Waals surface area contributed by atoms with Crippen LogP contribution in [0.25, 0.3) is 5.57 Å². The van der Waals surface area contributed by atoms with Gasteiger partial charge < -0.3 is 20.4 Å². The third-order valence-corrected chi connectivity index (χ3v) is 16.5. The standard InChI is InChI=1S/C38H56N2O3S.C3H8.C2H6O/c1-26-29(27-7-9-28(10-8-27)34(41)42)13-16-35(2)30(26)14-17-37(4)33(35)12-11-31-32-6-5-15-38(32,19-18-36(31,37)3)39-20-21-40-22-24-44(43)25-23-40;1-3-2;1-2-3/h7-10,13,26,30-33,39H,5-6,11-12,14-25H2,1-4H3,(H,41,42);3H2,1-2H3;3H,2H2,1H3/t26?,30?,31?,32-,33?,35?,36-,37?,38?;;/m1../s1. The first-order valence-corrected chi connectivity index (χ1v) is 21.8. The van der Waals surface area contributed by atoms with E-state index in [4.69, 9.17) is 5.11 Å². The Hall–Kier alpha value is -1.54. The van der Waals surface area contributed by atoms with Crippen LogP contribution in [0, 0.1) is 45.8 Å². The monoisotopic (exact) mass is 711 g/mol. The summed E-state index contributed by atoms with van der Waals surface area (Å²) in [6.07, 6.45) is 17.2. The first-order valence-electron chi connectivity index (χ1n) is 20.3. The quantitative estimate of drug-likeness (QED) is 0.274. The van der Waals surface area contributed by atoms with Crippen molar-refractivity contribution in [2.24, 2.45) is 45.8 Å². The summed E-state index contributed by atoms with van der Waals surface area (Å²) in [4.78, 5) is 14.0. The molecule has 0 bridgehead atoms. The van der Waals surface area contributed by atoms with Crippen LogP contribution in [-0.2, 0) is 10.8 Å². The minimum Gasteiger partial charge on any atom is -0.478 e. The highest BCUT2D eigenvalue weighted by atomic mass is 32.2. The maximum atomic E-state index is 11.8. The van der Waals surface area contributed by atoms with Crippen molar-refractivity contribution in [3.05, 3.63) is 41.5 Å². The van der Waals surface area contributed by atoms with Gasteiger partial charge in [0.2, 0.25) is 0 Å². The molecular weight excluding hydrogens is 641 g/mol. The topological polar surface area (TPSA) is 89.9 Å². The molecule has 7 unspecified atom stereocenters. The third kappa shape index (κ3) is 7.20. The number of hydrogen-bond donors (Lipinski definition) is 3. The Kier molecular flexibility index (Phi) is 12.9. The molecule has 1 heterocycles. The smallest absolute Gasteiger partial charge is 0.335 e. The number of fused-ring (bicyclic) bond motifs is 7. The molecule has 1 aromatic rings. The summed E-state index contributed by atoms with van der Waals surface area (Å²) >= 11 is 0. The number of nitrogens with one attached hydrogen (secondary N) is 1. The van der Waals surface area contributed by atoms with Gasteiger partial charge in [0.1, 0.15) is 0 Å². The first kappa shape index (κ1) is 39.7. The minimum atomic E-state index is -0.851. The fourth-order valence-electron chi connectivity index (χ4n) is 12.7. The molecule has 5 aliphatic carbocycles. The number of aliphatic hydroxyl groups is 1. The van der Waals surface area contributed by atoms with Gasteiger partial charge in [-0.05, 0) is 134 Å². The van der Waals surface area contributed by atoms with Gasteiger partial charge in [-0.15, -0.1) is 0 Å². The molecule has 4 saturated carbocycles. The lowest BCUT2D eigenvalue weighted by Gasteiger charge is -2.71. The molecule has 1 saturated heterocycles. The maximum absolute atomic E-state index is 11.8. The van der Waals surface area contributed by atoms with Crippen LogP contribution in [-0.4, -0.2) is 75.1 Å². The Morgan fingerprint density at radius 3 is 2.20 bits per heavy atom. The summed E-state index contributed by atoms with van der Waals surface area (Å²) in [5.74, 6) is 4.42. The van der Waals surface area contributed by atoms with Gasteiger partial charge in [-0.1, -0.05) is 72.6 Å². The van der Waals surface area contributed by atoms with E-state index >= 15 is 0 Å². The van der Waals surface area contributed by atoms with Crippen LogP contribution in [0.4, 0.5) is 0 Å². The second-order valence-corrected chi connectivity index (χ2v) is 19.2. The molecule has 0 aromatic heterocycles. The van der Waals surface area contributed by atoms with E-state index in [1.165, 1.54) is 75.3 Å². The predicted octanol–water partition coefficient (Wildman–Crippen LogP) is 8.66. The molecular formula is C43H70N2O4S. The number of hydrogen-bond acceptors (Lipinski definition) is 5. The summed E-state index contributed by atoms with van der Waals surface area (Å²) in [6.45, 7) is 20.9. The first-order chi connectivity index (χ1) is 23.8. The second-order valence-electron chi connectivity index (χ2n) is 17.6. The summed E-state index contributed by atoms with van der Waals surface area (Å²) in [5, 5.41) is 21.2. The zero-order valence-electron chi connectivity index (χ0n) is 32.6. The molecule has 0 spiro atoms. The van der Waals surface area contributed by atoms with E-state index in [-0.39, 0.29) is 6.61 Å². The lowest BCUT2D eigenvalue weighted by atomic mass is 9.34. The Balaban J connectivity index is 0.000000758. The Labute approximate surface area is 307 Å². The number of carboxylic acid groups (broad SMARTS) is 1. The van der Waals surface area contributed by atoms with Gasteiger partial charge in [-0.2, -0.15) is 0 Å². The van der Waals surface area contributed by atoms with Gasteiger partial charge in [0.25, 0.3) is 0 Å². The van der Waals surface area contributed by atoms with E-state index in [0.717, 1.165) is 61.9 Å². The van der Waals surface area contributed by atoms with Crippen molar-refractivity contribution in [2.45, 2.75) is 125 Å². The van der Waals surface area contributed by atoms with Gasteiger partial charge in [-0.25, -0.2) is 4.79 Å². The fourth-order valence-corrected chi connectivity index (χ4v) is 13.8. The molecule has 5 fully saturated rings. The number of benzene rings is 1. The third-order valence-electron chi connectivity index (χ3n) is 15.2. The van der Waals surface area contributed by atoms with Crippen LogP contribution in [0.5, 0.6) is 0 Å². The van der Waals surface area contributed by atoms with E-state index in [2.05, 4.69) is 57.8 Å². The number of carboxylic acids is 1. The van der Waals surface area contributed by atoms with Gasteiger partial charge in [0.15, 0.2) is 0 Å². The zero-order valence-corrected chi connectivity index (χ0v) is 33.4. The Morgan fingerprint density at radius 1 is 0.900 bits per heavy atom. The summed E-state index contributed by atoms with van der Waals surface area (Å²) in [6, 6.07) is 7.62. The van der Waals surface area contributed by atoms with Gasteiger partial charge >= 0.3 is 5.97 Å². The molecule has 9 atom stereocenters. The van der Waals surface area contributed by atoms with Gasteiger partial charge in [0.05, 0.1) is 5.56 Å². The van der Waals surface area contributed by atoms with E-state index in [1.54, 1.807) is 19.1 Å². The number of allylic oxidation sites excluding steroid dienone is 2. The van der Waals surface area contributed by atoms with E-state index < -0.39 is 16.8 Å². The van der Waals surface area contributed by atoms with Crippen molar-refractivity contribution >= 4 is 22.3 Å². The highest BCUT2D eigenvalue weighted by Gasteiger charge is 2.68. The molecule has 0 radical (unpaired) electrons. The summed E-state index contributed by atoms with van der Waals surface area (Å²) in [7, 11) is -0.597. The molecule has 1 aliphatic heterocycles. The van der Waals surface area contributed by atoms with Crippen LogP contribution in [0.15, 0.2) is 30.3 Å².